The Labute approximate surface area is 122 Å². The fraction of sp³-hybridized carbons (Fsp3) is 0.400. The summed E-state index contributed by atoms with van der Waals surface area (Å²) in [6.45, 7) is 4.01. The van der Waals surface area contributed by atoms with E-state index < -0.39 is 17.9 Å². The monoisotopic (exact) mass is 294 g/mol. The minimum absolute atomic E-state index is 0.151. The summed E-state index contributed by atoms with van der Waals surface area (Å²) in [6.07, 6.45) is 1.23. The molecule has 0 aliphatic carbocycles. The molecule has 0 spiro atoms. The van der Waals surface area contributed by atoms with Crippen molar-refractivity contribution >= 4 is 17.9 Å². The topological polar surface area (TPSA) is 89.9 Å². The molecule has 1 aromatic rings. The van der Waals surface area contributed by atoms with Crippen molar-refractivity contribution in [3.63, 3.8) is 0 Å². The number of hydrogen-bond acceptors (Lipinski definition) is 5. The molecule has 0 saturated carbocycles. The highest BCUT2D eigenvalue weighted by atomic mass is 16.5. The van der Waals surface area contributed by atoms with Gasteiger partial charge in [-0.15, -0.1) is 0 Å². The number of carbonyl (C=O) groups is 3. The Morgan fingerprint density at radius 1 is 0.952 bits per heavy atom. The third-order valence-electron chi connectivity index (χ3n) is 2.59. The Balaban J connectivity index is 3.18. The molecule has 0 aliphatic heterocycles. The normalized spacial score (nSPS) is 10.0. The molecule has 0 aromatic heterocycles. The summed E-state index contributed by atoms with van der Waals surface area (Å²) < 4.78 is 9.86. The molecule has 114 valence electrons. The predicted octanol–water partition coefficient (Wildman–Crippen LogP) is 2.52. The number of ether oxygens (including phenoxy) is 2. The van der Waals surface area contributed by atoms with Crippen LogP contribution in [0.2, 0.25) is 0 Å². The van der Waals surface area contributed by atoms with E-state index in [-0.39, 0.29) is 29.9 Å². The van der Waals surface area contributed by atoms with Gasteiger partial charge in [-0.25, -0.2) is 14.4 Å². The zero-order valence-corrected chi connectivity index (χ0v) is 12.0. The molecule has 0 bridgehead atoms. The lowest BCUT2D eigenvalue weighted by atomic mass is 10.0. The van der Waals surface area contributed by atoms with Gasteiger partial charge in [0.25, 0.3) is 0 Å². The summed E-state index contributed by atoms with van der Waals surface area (Å²) >= 11 is 0. The smallest absolute Gasteiger partial charge is 0.339 e. The van der Waals surface area contributed by atoms with Crippen LogP contribution in [0.3, 0.4) is 0 Å². The molecular weight excluding hydrogens is 276 g/mol. The molecule has 1 aromatic carbocycles. The van der Waals surface area contributed by atoms with Crippen LogP contribution in [0.1, 0.15) is 57.8 Å². The number of rotatable bonds is 7. The summed E-state index contributed by atoms with van der Waals surface area (Å²) in [7, 11) is 0. The number of carbonyl (C=O) groups excluding carboxylic acids is 2. The molecule has 1 N–H and O–H groups in total. The third-order valence-corrected chi connectivity index (χ3v) is 2.59. The maximum absolute atomic E-state index is 11.9. The first kappa shape index (κ1) is 16.7. The van der Waals surface area contributed by atoms with E-state index in [1.54, 1.807) is 0 Å². The van der Waals surface area contributed by atoms with Gasteiger partial charge in [0, 0.05) is 0 Å². The van der Waals surface area contributed by atoms with E-state index in [1.165, 1.54) is 18.2 Å². The van der Waals surface area contributed by atoms with Crippen LogP contribution in [0.15, 0.2) is 18.2 Å². The molecule has 0 atom stereocenters. The Bertz CT molecular complexity index is 497. The van der Waals surface area contributed by atoms with Crippen molar-refractivity contribution in [2.24, 2.45) is 0 Å². The molecule has 6 heteroatoms. The SMILES string of the molecule is CCCOC(=O)c1cccc(C(=O)OCCC)c1C(=O)O. The first-order chi connectivity index (χ1) is 10.0. The predicted molar refractivity (Wildman–Crippen MR) is 74.5 cm³/mol. The van der Waals surface area contributed by atoms with Gasteiger partial charge in [0.1, 0.15) is 0 Å². The lowest BCUT2D eigenvalue weighted by Crippen LogP contribution is -2.18. The highest BCUT2D eigenvalue weighted by molar-refractivity contribution is 6.09. The second-order valence-corrected chi connectivity index (χ2v) is 4.31. The van der Waals surface area contributed by atoms with Crippen molar-refractivity contribution in [3.8, 4) is 0 Å². The fourth-order valence-corrected chi connectivity index (χ4v) is 1.67. The van der Waals surface area contributed by atoms with Gasteiger partial charge in [-0.05, 0) is 25.0 Å². The number of hydrogen-bond donors (Lipinski definition) is 1. The van der Waals surface area contributed by atoms with Crippen molar-refractivity contribution in [2.45, 2.75) is 26.7 Å². The molecule has 21 heavy (non-hydrogen) atoms. The largest absolute Gasteiger partial charge is 0.478 e. The summed E-state index contributed by atoms with van der Waals surface area (Å²) in [4.78, 5) is 35.1. The maximum atomic E-state index is 11.9. The number of esters is 2. The molecule has 1 rings (SSSR count). The quantitative estimate of drug-likeness (QED) is 0.777. The van der Waals surface area contributed by atoms with Crippen LogP contribution in [-0.4, -0.2) is 36.2 Å². The zero-order chi connectivity index (χ0) is 15.8. The van der Waals surface area contributed by atoms with Gasteiger partial charge in [0.15, 0.2) is 0 Å². The lowest BCUT2D eigenvalue weighted by molar-refractivity contribution is 0.0483. The molecular formula is C15H18O6. The first-order valence-corrected chi connectivity index (χ1v) is 6.73. The maximum Gasteiger partial charge on any atom is 0.339 e. The van der Waals surface area contributed by atoms with Crippen molar-refractivity contribution in [3.05, 3.63) is 34.9 Å². The Kier molecular flexibility index (Phi) is 6.39. The van der Waals surface area contributed by atoms with E-state index in [0.717, 1.165) is 0 Å². The van der Waals surface area contributed by atoms with E-state index in [2.05, 4.69) is 0 Å². The highest BCUT2D eigenvalue weighted by Crippen LogP contribution is 2.18. The second-order valence-electron chi connectivity index (χ2n) is 4.31. The number of carboxylic acid groups (broad SMARTS) is 1. The van der Waals surface area contributed by atoms with Crippen LogP contribution in [0.25, 0.3) is 0 Å². The average Bonchev–Trinajstić information content (AvgIpc) is 2.49. The minimum Gasteiger partial charge on any atom is -0.478 e. The minimum atomic E-state index is -1.37. The van der Waals surface area contributed by atoms with Crippen molar-refractivity contribution < 1.29 is 29.0 Å². The Hall–Kier alpha value is -2.37. The van der Waals surface area contributed by atoms with E-state index in [4.69, 9.17) is 9.47 Å². The van der Waals surface area contributed by atoms with Gasteiger partial charge in [-0.1, -0.05) is 19.9 Å². The van der Waals surface area contributed by atoms with E-state index in [0.29, 0.717) is 12.8 Å². The van der Waals surface area contributed by atoms with E-state index in [9.17, 15) is 19.5 Å². The summed E-state index contributed by atoms with van der Waals surface area (Å²) in [5.74, 6) is -2.90. The van der Waals surface area contributed by atoms with Crippen LogP contribution < -0.4 is 0 Å². The highest BCUT2D eigenvalue weighted by Gasteiger charge is 2.25. The fourth-order valence-electron chi connectivity index (χ4n) is 1.67. The summed E-state index contributed by atoms with van der Waals surface area (Å²) in [5.41, 5.74) is -0.691. The van der Waals surface area contributed by atoms with Crippen LogP contribution in [0.4, 0.5) is 0 Å². The van der Waals surface area contributed by atoms with Crippen molar-refractivity contribution in [2.75, 3.05) is 13.2 Å². The molecule has 6 nitrogen and oxygen atoms in total. The molecule has 0 amide bonds. The Morgan fingerprint density at radius 2 is 1.38 bits per heavy atom. The molecule has 0 radical (unpaired) electrons. The van der Waals surface area contributed by atoms with Crippen LogP contribution in [0, 0.1) is 0 Å². The van der Waals surface area contributed by atoms with Gasteiger partial charge in [-0.3, -0.25) is 0 Å². The molecule has 0 aliphatic rings. The Morgan fingerprint density at radius 3 is 1.71 bits per heavy atom. The zero-order valence-electron chi connectivity index (χ0n) is 12.0. The number of aromatic carboxylic acids is 1. The van der Waals surface area contributed by atoms with Gasteiger partial charge >= 0.3 is 17.9 Å². The van der Waals surface area contributed by atoms with E-state index in [1.807, 2.05) is 13.8 Å². The second kappa shape index (κ2) is 8.04. The lowest BCUT2D eigenvalue weighted by Gasteiger charge is -2.10. The van der Waals surface area contributed by atoms with E-state index >= 15 is 0 Å². The van der Waals surface area contributed by atoms with Gasteiger partial charge in [-0.2, -0.15) is 0 Å². The van der Waals surface area contributed by atoms with Crippen LogP contribution in [-0.2, 0) is 9.47 Å². The van der Waals surface area contributed by atoms with Crippen molar-refractivity contribution in [1.29, 1.82) is 0 Å². The van der Waals surface area contributed by atoms with Crippen LogP contribution >= 0.6 is 0 Å². The van der Waals surface area contributed by atoms with Crippen LogP contribution in [0.5, 0.6) is 0 Å². The summed E-state index contributed by atoms with van der Waals surface area (Å²) in [5, 5.41) is 9.28. The van der Waals surface area contributed by atoms with Gasteiger partial charge in [0.2, 0.25) is 0 Å². The molecule has 0 heterocycles. The standard InChI is InChI=1S/C15H18O6/c1-3-8-20-14(18)10-6-5-7-11(12(10)13(16)17)15(19)21-9-4-2/h5-7H,3-4,8-9H2,1-2H3,(H,16,17). The molecule has 0 unspecified atom stereocenters. The summed E-state index contributed by atoms with van der Waals surface area (Å²) in [6, 6.07) is 4.06. The first-order valence-electron chi connectivity index (χ1n) is 6.73. The number of benzene rings is 1. The van der Waals surface area contributed by atoms with Gasteiger partial charge < -0.3 is 14.6 Å². The van der Waals surface area contributed by atoms with Crippen molar-refractivity contribution in [1.82, 2.24) is 0 Å². The number of carboxylic acids is 1. The molecule has 0 fully saturated rings. The average molecular weight is 294 g/mol. The van der Waals surface area contributed by atoms with Gasteiger partial charge in [0.05, 0.1) is 29.9 Å². The molecule has 0 saturated heterocycles. The third kappa shape index (κ3) is 4.30.